The van der Waals surface area contributed by atoms with Crippen molar-refractivity contribution in [3.8, 4) is 0 Å². The Balaban J connectivity index is -0.0000000855. The van der Waals surface area contributed by atoms with E-state index in [4.69, 9.17) is 18.4 Å². The Labute approximate surface area is 135 Å². The van der Waals surface area contributed by atoms with Crippen LogP contribution >= 0.6 is 0 Å². The molecule has 0 saturated heterocycles. The Hall–Kier alpha value is 0.540. The average molecular weight is 292 g/mol. The molecule has 0 aromatic heterocycles. The maximum absolute atomic E-state index is 9.37. The fourth-order valence-corrected chi connectivity index (χ4v) is 0.854. The monoisotopic (exact) mass is 292 g/mol. The van der Waals surface area contributed by atoms with E-state index in [1.807, 2.05) is 0 Å². The molecule has 106 valence electrons. The quantitative estimate of drug-likeness (QED) is 0.414. The van der Waals surface area contributed by atoms with Crippen molar-refractivity contribution in [2.24, 2.45) is 0 Å². The molecule has 0 fully saturated rings. The molecule has 1 atom stereocenters. The predicted octanol–water partition coefficient (Wildman–Crippen LogP) is 0.190. The molecule has 5 nitrogen and oxygen atoms in total. The summed E-state index contributed by atoms with van der Waals surface area (Å²) in [4.78, 5) is 9.37. The summed E-state index contributed by atoms with van der Waals surface area (Å²) in [5.74, 6) is -0.745. The summed E-state index contributed by atoms with van der Waals surface area (Å²) in [5, 5.41) is 7.72. The molecule has 0 aliphatic rings. The van der Waals surface area contributed by atoms with E-state index in [2.05, 4.69) is 13.8 Å². The third-order valence-electron chi connectivity index (χ3n) is 1.76. The molecule has 0 aromatic carbocycles. The van der Waals surface area contributed by atoms with E-state index in [9.17, 15) is 4.79 Å². The second-order valence-electron chi connectivity index (χ2n) is 3.38. The SMILES string of the molecule is CCC(=O)O.CCCCCCCC.O=S([O-])O.[Na+]. The van der Waals surface area contributed by atoms with Gasteiger partial charge in [-0.3, -0.25) is 4.79 Å². The second kappa shape index (κ2) is 26.2. The van der Waals surface area contributed by atoms with Crippen LogP contribution in [0.4, 0.5) is 0 Å². The van der Waals surface area contributed by atoms with E-state index in [1.165, 1.54) is 38.5 Å². The van der Waals surface area contributed by atoms with Crippen LogP contribution in [-0.4, -0.2) is 24.4 Å². The average Bonchev–Trinajstić information content (AvgIpc) is 2.24. The van der Waals surface area contributed by atoms with Crippen LogP contribution < -0.4 is 29.6 Å². The first-order valence-electron chi connectivity index (χ1n) is 5.92. The largest absolute Gasteiger partial charge is 1.00 e. The molecule has 7 heteroatoms. The third kappa shape index (κ3) is 70.3. The van der Waals surface area contributed by atoms with Gasteiger partial charge in [0.1, 0.15) is 0 Å². The van der Waals surface area contributed by atoms with Crippen molar-refractivity contribution in [3.63, 3.8) is 0 Å². The van der Waals surface area contributed by atoms with Gasteiger partial charge in [0.15, 0.2) is 0 Å². The second-order valence-corrected chi connectivity index (χ2v) is 3.81. The van der Waals surface area contributed by atoms with Crippen LogP contribution in [0.25, 0.3) is 0 Å². The van der Waals surface area contributed by atoms with Crippen molar-refractivity contribution < 1.29 is 52.8 Å². The Kier molecular flexibility index (Phi) is 39.2. The Morgan fingerprint density at radius 1 is 1.06 bits per heavy atom. The zero-order valence-corrected chi connectivity index (χ0v) is 14.8. The van der Waals surface area contributed by atoms with Gasteiger partial charge >= 0.3 is 35.5 Å². The van der Waals surface area contributed by atoms with Gasteiger partial charge in [-0.2, -0.15) is 0 Å². The summed E-state index contributed by atoms with van der Waals surface area (Å²) in [7, 11) is 0. The number of unbranched alkanes of at least 4 members (excludes halogenated alkanes) is 5. The van der Waals surface area contributed by atoms with Gasteiger partial charge in [-0.15, -0.1) is 0 Å². The summed E-state index contributed by atoms with van der Waals surface area (Å²) in [6.07, 6.45) is 8.71. The molecule has 0 bridgehead atoms. The van der Waals surface area contributed by atoms with E-state index in [0.717, 1.165) is 0 Å². The zero-order chi connectivity index (χ0) is 14.1. The van der Waals surface area contributed by atoms with Crippen LogP contribution in [0, 0.1) is 0 Å². The molecular weight excluding hydrogens is 267 g/mol. The van der Waals surface area contributed by atoms with Crippen molar-refractivity contribution in [1.82, 2.24) is 0 Å². The molecule has 0 saturated carbocycles. The van der Waals surface area contributed by atoms with E-state index in [-0.39, 0.29) is 36.0 Å². The molecule has 0 spiro atoms. The summed E-state index contributed by atoms with van der Waals surface area (Å²) in [5.41, 5.74) is 0. The standard InChI is InChI=1S/C8H18.C3H6O2.Na.H2O3S/c1-3-5-7-8-6-4-2;1-2-3(4)5;;1-4(2)3/h3-8H2,1-2H3;2H2,1H3,(H,4,5);;(H2,1,2,3)/q;;+1;/p-1. The number of rotatable bonds is 6. The zero-order valence-electron chi connectivity index (χ0n) is 12.0. The Morgan fingerprint density at radius 2 is 1.28 bits per heavy atom. The van der Waals surface area contributed by atoms with Gasteiger partial charge in [0.05, 0.1) is 11.4 Å². The smallest absolute Gasteiger partial charge is 0.750 e. The number of carbonyl (C=O) groups is 1. The molecule has 0 aromatic rings. The molecule has 2 N–H and O–H groups in total. The van der Waals surface area contributed by atoms with Crippen LogP contribution in [0.3, 0.4) is 0 Å². The number of hydrogen-bond acceptors (Lipinski definition) is 3. The van der Waals surface area contributed by atoms with Crippen LogP contribution in [0.5, 0.6) is 0 Å². The van der Waals surface area contributed by atoms with Crippen LogP contribution in [0.2, 0.25) is 0 Å². The Bertz CT molecular complexity index is 169. The maximum Gasteiger partial charge on any atom is 1.00 e. The first-order valence-corrected chi connectivity index (χ1v) is 6.95. The van der Waals surface area contributed by atoms with Gasteiger partial charge in [-0.25, -0.2) is 4.21 Å². The predicted molar refractivity (Wildman–Crippen MR) is 68.5 cm³/mol. The van der Waals surface area contributed by atoms with Gasteiger partial charge < -0.3 is 14.2 Å². The van der Waals surface area contributed by atoms with E-state index in [1.54, 1.807) is 6.92 Å². The minimum Gasteiger partial charge on any atom is -0.750 e. The minimum atomic E-state index is -2.86. The molecule has 1 unspecified atom stereocenters. The minimum absolute atomic E-state index is 0. The van der Waals surface area contributed by atoms with E-state index >= 15 is 0 Å². The Morgan fingerprint density at radius 3 is 1.39 bits per heavy atom. The van der Waals surface area contributed by atoms with Crippen molar-refractivity contribution in [2.45, 2.75) is 65.7 Å². The molecule has 0 rings (SSSR count). The number of aliphatic carboxylic acids is 1. The van der Waals surface area contributed by atoms with Crippen molar-refractivity contribution in [1.29, 1.82) is 0 Å². The van der Waals surface area contributed by atoms with E-state index in [0.29, 0.717) is 0 Å². The molecule has 0 aliphatic carbocycles. The molecule has 0 heterocycles. The van der Waals surface area contributed by atoms with Gasteiger partial charge in [0, 0.05) is 6.42 Å². The molecular formula is C11H25NaO5S. The van der Waals surface area contributed by atoms with Crippen LogP contribution in [-0.2, 0) is 16.2 Å². The van der Waals surface area contributed by atoms with Gasteiger partial charge in [-0.05, 0) is 0 Å². The van der Waals surface area contributed by atoms with Crippen LogP contribution in [0.15, 0.2) is 0 Å². The normalized spacial score (nSPS) is 9.83. The fourth-order valence-electron chi connectivity index (χ4n) is 0.854. The van der Waals surface area contributed by atoms with Gasteiger partial charge in [0.2, 0.25) is 0 Å². The first kappa shape index (κ1) is 27.0. The summed E-state index contributed by atoms with van der Waals surface area (Å²) >= 11 is -2.86. The fraction of sp³-hybridized carbons (Fsp3) is 0.909. The number of hydrogen-bond donors (Lipinski definition) is 2. The topological polar surface area (TPSA) is 97.7 Å². The number of carboxylic acids is 1. The summed E-state index contributed by atoms with van der Waals surface area (Å²) < 4.78 is 24.1. The molecule has 0 radical (unpaired) electrons. The van der Waals surface area contributed by atoms with Crippen molar-refractivity contribution >= 4 is 17.3 Å². The third-order valence-corrected chi connectivity index (χ3v) is 1.76. The first-order chi connectivity index (χ1) is 7.92. The maximum atomic E-state index is 9.37. The molecule has 0 amide bonds. The summed E-state index contributed by atoms with van der Waals surface area (Å²) in [6, 6.07) is 0. The summed E-state index contributed by atoms with van der Waals surface area (Å²) in [6.45, 7) is 6.11. The van der Waals surface area contributed by atoms with Gasteiger partial charge in [-0.1, -0.05) is 59.3 Å². The molecule has 18 heavy (non-hydrogen) atoms. The van der Waals surface area contributed by atoms with Crippen molar-refractivity contribution in [3.05, 3.63) is 0 Å². The molecule has 0 aliphatic heterocycles. The van der Waals surface area contributed by atoms with E-state index < -0.39 is 17.3 Å². The number of carboxylic acid groups (broad SMARTS) is 1. The van der Waals surface area contributed by atoms with Gasteiger partial charge in [0.25, 0.3) is 0 Å². The van der Waals surface area contributed by atoms with Crippen molar-refractivity contribution in [2.75, 3.05) is 0 Å². The van der Waals surface area contributed by atoms with Crippen LogP contribution in [0.1, 0.15) is 65.7 Å².